The SMILES string of the molecule is O=C1CC(CCO)NN1. The maximum absolute atomic E-state index is 10.5. The molecule has 1 heterocycles. The highest BCUT2D eigenvalue weighted by Crippen LogP contribution is 2.00. The molecule has 0 bridgehead atoms. The van der Waals surface area contributed by atoms with Crippen LogP contribution < -0.4 is 10.9 Å². The lowest BCUT2D eigenvalue weighted by Crippen LogP contribution is -2.31. The van der Waals surface area contributed by atoms with Gasteiger partial charge < -0.3 is 5.11 Å². The number of hydrogen-bond acceptors (Lipinski definition) is 3. The number of nitrogens with one attached hydrogen (secondary N) is 2. The fourth-order valence-corrected chi connectivity index (χ4v) is 0.838. The highest BCUT2D eigenvalue weighted by Gasteiger charge is 2.19. The van der Waals surface area contributed by atoms with Gasteiger partial charge in [0.25, 0.3) is 0 Å². The predicted octanol–water partition coefficient (Wildman–Crippen LogP) is -1.24. The summed E-state index contributed by atoms with van der Waals surface area (Å²) in [5.74, 6) is 0.00782. The number of rotatable bonds is 2. The average Bonchev–Trinajstić information content (AvgIpc) is 2.17. The largest absolute Gasteiger partial charge is 0.396 e. The van der Waals surface area contributed by atoms with E-state index in [1.807, 2.05) is 0 Å². The average molecular weight is 130 g/mol. The first kappa shape index (κ1) is 6.51. The molecule has 4 nitrogen and oxygen atoms in total. The first-order valence-electron chi connectivity index (χ1n) is 2.98. The van der Waals surface area contributed by atoms with E-state index in [1.165, 1.54) is 0 Å². The van der Waals surface area contributed by atoms with E-state index in [1.54, 1.807) is 0 Å². The zero-order valence-electron chi connectivity index (χ0n) is 5.05. The molecule has 1 aliphatic rings. The molecule has 0 aliphatic carbocycles. The molecule has 1 aliphatic heterocycles. The second-order valence-electron chi connectivity index (χ2n) is 2.11. The molecule has 0 spiro atoms. The van der Waals surface area contributed by atoms with E-state index in [9.17, 15) is 4.79 Å². The molecular weight excluding hydrogens is 120 g/mol. The lowest BCUT2D eigenvalue weighted by atomic mass is 10.2. The quantitative estimate of drug-likeness (QED) is 0.438. The molecule has 9 heavy (non-hydrogen) atoms. The Hall–Kier alpha value is -0.610. The second-order valence-corrected chi connectivity index (χ2v) is 2.11. The molecule has 3 N–H and O–H groups in total. The van der Waals surface area contributed by atoms with Crippen molar-refractivity contribution >= 4 is 5.91 Å². The van der Waals surface area contributed by atoms with E-state index in [2.05, 4.69) is 10.9 Å². The first-order valence-corrected chi connectivity index (χ1v) is 2.98. The Balaban J connectivity index is 2.22. The van der Waals surface area contributed by atoms with Crippen molar-refractivity contribution in [1.82, 2.24) is 10.9 Å². The Kier molecular flexibility index (Phi) is 2.02. The van der Waals surface area contributed by atoms with Crippen molar-refractivity contribution in [1.29, 1.82) is 0 Å². The van der Waals surface area contributed by atoms with Crippen LogP contribution in [-0.4, -0.2) is 23.7 Å². The molecule has 1 saturated heterocycles. The van der Waals surface area contributed by atoms with Crippen LogP contribution >= 0.6 is 0 Å². The Morgan fingerprint density at radius 1 is 1.78 bits per heavy atom. The van der Waals surface area contributed by atoms with Crippen molar-refractivity contribution in [3.63, 3.8) is 0 Å². The van der Waals surface area contributed by atoms with Crippen molar-refractivity contribution in [3.05, 3.63) is 0 Å². The molecule has 1 unspecified atom stereocenters. The van der Waals surface area contributed by atoms with Crippen molar-refractivity contribution < 1.29 is 9.90 Å². The van der Waals surface area contributed by atoms with Crippen LogP contribution in [0.4, 0.5) is 0 Å². The van der Waals surface area contributed by atoms with E-state index in [4.69, 9.17) is 5.11 Å². The minimum absolute atomic E-state index is 0.00782. The van der Waals surface area contributed by atoms with Crippen molar-refractivity contribution in [2.75, 3.05) is 6.61 Å². The summed E-state index contributed by atoms with van der Waals surface area (Å²) in [5, 5.41) is 8.43. The lowest BCUT2D eigenvalue weighted by molar-refractivity contribution is -0.119. The molecule has 52 valence electrons. The van der Waals surface area contributed by atoms with Crippen LogP contribution in [0.2, 0.25) is 0 Å². The number of hydrazine groups is 1. The first-order chi connectivity index (χ1) is 4.33. The predicted molar refractivity (Wildman–Crippen MR) is 31.4 cm³/mol. The summed E-state index contributed by atoms with van der Waals surface area (Å²) >= 11 is 0. The summed E-state index contributed by atoms with van der Waals surface area (Å²) in [6.45, 7) is 0.132. The number of hydrogen-bond donors (Lipinski definition) is 3. The number of aliphatic hydroxyl groups is 1. The molecule has 0 aromatic rings. The molecule has 1 fully saturated rings. The van der Waals surface area contributed by atoms with E-state index >= 15 is 0 Å². The molecule has 1 amide bonds. The van der Waals surface area contributed by atoms with E-state index in [0.29, 0.717) is 12.8 Å². The van der Waals surface area contributed by atoms with Gasteiger partial charge in [-0.05, 0) is 6.42 Å². The Morgan fingerprint density at radius 3 is 3.00 bits per heavy atom. The third-order valence-corrected chi connectivity index (χ3v) is 1.33. The van der Waals surface area contributed by atoms with Gasteiger partial charge in [0, 0.05) is 19.1 Å². The van der Waals surface area contributed by atoms with Gasteiger partial charge in [-0.1, -0.05) is 0 Å². The van der Waals surface area contributed by atoms with Crippen LogP contribution in [0.5, 0.6) is 0 Å². The maximum atomic E-state index is 10.5. The summed E-state index contributed by atoms with van der Waals surface area (Å²) in [7, 11) is 0. The molecule has 0 aromatic heterocycles. The van der Waals surface area contributed by atoms with Crippen LogP contribution in [0.1, 0.15) is 12.8 Å². The highest BCUT2D eigenvalue weighted by atomic mass is 16.3. The van der Waals surface area contributed by atoms with E-state index < -0.39 is 0 Å². The van der Waals surface area contributed by atoms with Gasteiger partial charge in [0.1, 0.15) is 0 Å². The number of amides is 1. The fraction of sp³-hybridized carbons (Fsp3) is 0.800. The zero-order chi connectivity index (χ0) is 6.69. The second kappa shape index (κ2) is 2.80. The van der Waals surface area contributed by atoms with Gasteiger partial charge >= 0.3 is 0 Å². The third kappa shape index (κ3) is 1.65. The van der Waals surface area contributed by atoms with Crippen LogP contribution in [-0.2, 0) is 4.79 Å². The molecule has 0 saturated carbocycles. The minimum atomic E-state index is 0.00782. The highest BCUT2D eigenvalue weighted by molar-refractivity contribution is 5.77. The summed E-state index contributed by atoms with van der Waals surface area (Å²) < 4.78 is 0. The molecular formula is C5H10N2O2. The van der Waals surface area contributed by atoms with Crippen LogP contribution in [0.15, 0.2) is 0 Å². The Labute approximate surface area is 53.2 Å². The lowest BCUT2D eigenvalue weighted by Gasteiger charge is -2.02. The summed E-state index contributed by atoms with van der Waals surface area (Å²) in [6, 6.07) is 0.127. The molecule has 4 heteroatoms. The smallest absolute Gasteiger partial charge is 0.235 e. The molecule has 1 rings (SSSR count). The zero-order valence-corrected chi connectivity index (χ0v) is 5.05. The summed E-state index contributed by atoms with van der Waals surface area (Å²) in [4.78, 5) is 10.5. The van der Waals surface area contributed by atoms with Gasteiger partial charge in [-0.25, -0.2) is 5.43 Å². The van der Waals surface area contributed by atoms with Gasteiger partial charge in [-0.15, -0.1) is 0 Å². The number of aliphatic hydroxyl groups excluding tert-OH is 1. The number of carbonyl (C=O) groups is 1. The Bertz CT molecular complexity index is 116. The normalized spacial score (nSPS) is 26.3. The van der Waals surface area contributed by atoms with Crippen molar-refractivity contribution in [2.24, 2.45) is 0 Å². The summed E-state index contributed by atoms with van der Waals surface area (Å²) in [5.41, 5.74) is 5.20. The number of carbonyl (C=O) groups excluding carboxylic acids is 1. The molecule has 1 atom stereocenters. The van der Waals surface area contributed by atoms with Gasteiger partial charge in [-0.2, -0.15) is 0 Å². The van der Waals surface area contributed by atoms with Crippen LogP contribution in [0.25, 0.3) is 0 Å². The standard InChI is InChI=1S/C5H10N2O2/c8-2-1-4-3-5(9)7-6-4/h4,6,8H,1-3H2,(H,7,9). The van der Waals surface area contributed by atoms with Gasteiger partial charge in [0.2, 0.25) is 5.91 Å². The Morgan fingerprint density at radius 2 is 2.56 bits per heavy atom. The summed E-state index contributed by atoms with van der Waals surface area (Å²) in [6.07, 6.45) is 1.12. The fourth-order valence-electron chi connectivity index (χ4n) is 0.838. The third-order valence-electron chi connectivity index (χ3n) is 1.33. The van der Waals surface area contributed by atoms with Gasteiger partial charge in [0.05, 0.1) is 0 Å². The van der Waals surface area contributed by atoms with E-state index in [0.717, 1.165) is 0 Å². The van der Waals surface area contributed by atoms with Gasteiger partial charge in [-0.3, -0.25) is 10.2 Å². The van der Waals surface area contributed by atoms with Crippen molar-refractivity contribution in [3.8, 4) is 0 Å². The monoisotopic (exact) mass is 130 g/mol. The van der Waals surface area contributed by atoms with E-state index in [-0.39, 0.29) is 18.6 Å². The van der Waals surface area contributed by atoms with Crippen LogP contribution in [0, 0.1) is 0 Å². The maximum Gasteiger partial charge on any atom is 0.235 e. The van der Waals surface area contributed by atoms with Gasteiger partial charge in [0.15, 0.2) is 0 Å². The minimum Gasteiger partial charge on any atom is -0.396 e. The van der Waals surface area contributed by atoms with Crippen LogP contribution in [0.3, 0.4) is 0 Å². The molecule has 0 radical (unpaired) electrons. The molecule has 0 aromatic carbocycles. The topological polar surface area (TPSA) is 61.4 Å². The van der Waals surface area contributed by atoms with Crippen molar-refractivity contribution in [2.45, 2.75) is 18.9 Å².